The third-order valence-electron chi connectivity index (χ3n) is 4.43. The number of rotatable bonds is 5. The molecular weight excluding hydrogens is 358 g/mol. The molecule has 3 heterocycles. The molecule has 0 radical (unpaired) electrons. The van der Waals surface area contributed by atoms with Crippen molar-refractivity contribution in [1.29, 1.82) is 5.26 Å². The van der Waals surface area contributed by atoms with Gasteiger partial charge in [0.05, 0.1) is 11.9 Å². The van der Waals surface area contributed by atoms with Gasteiger partial charge in [0.2, 0.25) is 0 Å². The summed E-state index contributed by atoms with van der Waals surface area (Å²) in [5.41, 5.74) is 2.97. The van der Waals surface area contributed by atoms with E-state index in [0.29, 0.717) is 34.6 Å². The van der Waals surface area contributed by atoms with Crippen LogP contribution in [0, 0.1) is 11.3 Å². The zero-order valence-corrected chi connectivity index (χ0v) is 14.6. The van der Waals surface area contributed by atoms with Gasteiger partial charge in [-0.05, 0) is 31.0 Å². The Balaban J connectivity index is 1.54. The molecule has 10 heteroatoms. The van der Waals surface area contributed by atoms with E-state index in [1.54, 1.807) is 18.2 Å². The Labute approximate surface area is 159 Å². The molecule has 0 spiro atoms. The Morgan fingerprint density at radius 1 is 1.25 bits per heavy atom. The first-order valence-corrected chi connectivity index (χ1v) is 8.72. The molecule has 0 atom stereocenters. The van der Waals surface area contributed by atoms with Crippen LogP contribution in [-0.2, 0) is 0 Å². The average Bonchev–Trinajstić information content (AvgIpc) is 3.18. The summed E-state index contributed by atoms with van der Waals surface area (Å²) in [6.45, 7) is 0. The van der Waals surface area contributed by atoms with Gasteiger partial charge in [-0.1, -0.05) is 0 Å². The molecule has 138 valence electrons. The molecule has 0 unspecified atom stereocenters. The van der Waals surface area contributed by atoms with E-state index in [-0.39, 0.29) is 5.75 Å². The number of anilines is 3. The van der Waals surface area contributed by atoms with Crippen molar-refractivity contribution in [2.75, 3.05) is 10.6 Å². The number of hydrogen-bond acceptors (Lipinski definition) is 8. The third-order valence-corrected chi connectivity index (χ3v) is 4.43. The molecular formula is C18H15N9O. The minimum Gasteiger partial charge on any atom is -0.506 e. The largest absolute Gasteiger partial charge is 0.506 e. The van der Waals surface area contributed by atoms with E-state index in [1.807, 2.05) is 6.07 Å². The van der Waals surface area contributed by atoms with Crippen LogP contribution in [0.25, 0.3) is 11.3 Å². The average molecular weight is 373 g/mol. The number of aromatic hydroxyl groups is 1. The number of nitrogens with one attached hydrogen (secondary N) is 2. The molecule has 1 aliphatic rings. The maximum Gasteiger partial charge on any atom is 0.178 e. The third kappa shape index (κ3) is 2.84. The molecule has 1 aliphatic carbocycles. The Kier molecular flexibility index (Phi) is 3.58. The molecule has 1 aromatic carbocycles. The van der Waals surface area contributed by atoms with Gasteiger partial charge in [0.15, 0.2) is 17.2 Å². The first kappa shape index (κ1) is 16.1. The second-order valence-corrected chi connectivity index (χ2v) is 6.52. The quantitative estimate of drug-likeness (QED) is 0.454. The molecule has 4 aromatic rings. The zero-order chi connectivity index (χ0) is 19.1. The van der Waals surface area contributed by atoms with Crippen molar-refractivity contribution in [3.05, 3.63) is 48.8 Å². The molecule has 10 nitrogen and oxygen atoms in total. The summed E-state index contributed by atoms with van der Waals surface area (Å²) in [7, 11) is 0. The molecule has 1 saturated carbocycles. The fraction of sp³-hybridized carbons (Fsp3) is 0.167. The van der Waals surface area contributed by atoms with Crippen LogP contribution in [-0.4, -0.2) is 40.5 Å². The summed E-state index contributed by atoms with van der Waals surface area (Å²) in [5.74, 6) is 0.623. The normalized spacial score (nSPS) is 13.4. The number of phenols is 1. The first-order valence-electron chi connectivity index (χ1n) is 8.72. The van der Waals surface area contributed by atoms with Gasteiger partial charge in [-0.2, -0.15) is 14.9 Å². The zero-order valence-electron chi connectivity index (χ0n) is 14.6. The van der Waals surface area contributed by atoms with Crippen LogP contribution < -0.4 is 10.6 Å². The van der Waals surface area contributed by atoms with Gasteiger partial charge < -0.3 is 15.7 Å². The fourth-order valence-corrected chi connectivity index (χ4v) is 2.92. The van der Waals surface area contributed by atoms with Crippen molar-refractivity contribution in [3.8, 4) is 17.5 Å². The minimum absolute atomic E-state index is 0.0805. The van der Waals surface area contributed by atoms with E-state index in [0.717, 1.165) is 18.5 Å². The lowest BCUT2D eigenvalue weighted by Gasteiger charge is -2.12. The molecule has 0 amide bonds. The Morgan fingerprint density at radius 2 is 2.14 bits per heavy atom. The Morgan fingerprint density at radius 3 is 2.89 bits per heavy atom. The van der Waals surface area contributed by atoms with Gasteiger partial charge in [0, 0.05) is 17.8 Å². The number of nitrogens with zero attached hydrogens (tertiary/aromatic N) is 7. The number of benzene rings is 1. The summed E-state index contributed by atoms with van der Waals surface area (Å²) < 4.78 is 2.99. The lowest BCUT2D eigenvalue weighted by atomic mass is 10.2. The van der Waals surface area contributed by atoms with Crippen LogP contribution in [0.5, 0.6) is 5.75 Å². The van der Waals surface area contributed by atoms with Crippen molar-refractivity contribution < 1.29 is 5.11 Å². The Bertz CT molecular complexity index is 1200. The van der Waals surface area contributed by atoms with E-state index >= 15 is 0 Å². The number of fused-ring (bicyclic) bond motifs is 1. The van der Waals surface area contributed by atoms with E-state index in [4.69, 9.17) is 0 Å². The minimum atomic E-state index is 0.0805. The van der Waals surface area contributed by atoms with Crippen molar-refractivity contribution in [2.24, 2.45) is 0 Å². The summed E-state index contributed by atoms with van der Waals surface area (Å²) in [5, 5.41) is 34.6. The van der Waals surface area contributed by atoms with Crippen LogP contribution in [0.15, 0.2) is 43.1 Å². The molecule has 5 rings (SSSR count). The number of nitriles is 1. The van der Waals surface area contributed by atoms with E-state index in [1.165, 1.54) is 28.0 Å². The van der Waals surface area contributed by atoms with Crippen LogP contribution in [0.3, 0.4) is 0 Å². The lowest BCUT2D eigenvalue weighted by Crippen LogP contribution is -2.08. The van der Waals surface area contributed by atoms with Gasteiger partial charge in [-0.25, -0.2) is 14.6 Å². The molecule has 0 aliphatic heterocycles. The summed E-state index contributed by atoms with van der Waals surface area (Å²) >= 11 is 0. The molecule has 0 bridgehead atoms. The van der Waals surface area contributed by atoms with Crippen LogP contribution >= 0.6 is 0 Å². The summed E-state index contributed by atoms with van der Waals surface area (Å²) in [4.78, 5) is 8.22. The van der Waals surface area contributed by atoms with Crippen molar-refractivity contribution in [1.82, 2.24) is 29.4 Å². The van der Waals surface area contributed by atoms with Gasteiger partial charge in [0.1, 0.15) is 30.2 Å². The van der Waals surface area contributed by atoms with Gasteiger partial charge in [-0.15, -0.1) is 5.10 Å². The summed E-state index contributed by atoms with van der Waals surface area (Å²) in [6.07, 6.45) is 6.64. The van der Waals surface area contributed by atoms with Crippen molar-refractivity contribution in [3.63, 3.8) is 0 Å². The van der Waals surface area contributed by atoms with E-state index < -0.39 is 0 Å². The predicted molar refractivity (Wildman–Crippen MR) is 101 cm³/mol. The number of aromatic nitrogens is 6. The van der Waals surface area contributed by atoms with E-state index in [2.05, 4.69) is 36.9 Å². The van der Waals surface area contributed by atoms with Crippen molar-refractivity contribution >= 4 is 22.8 Å². The maximum absolute atomic E-state index is 10.1. The number of imidazole rings is 1. The molecule has 1 fully saturated rings. The highest BCUT2D eigenvalue weighted by molar-refractivity contribution is 5.74. The molecule has 28 heavy (non-hydrogen) atoms. The maximum atomic E-state index is 10.1. The molecule has 3 aromatic heterocycles. The van der Waals surface area contributed by atoms with E-state index in [9.17, 15) is 10.4 Å². The van der Waals surface area contributed by atoms with Gasteiger partial charge in [0.25, 0.3) is 0 Å². The standard InChI is InChI=1S/C18H15N9O/c19-7-13-8-21-18-14(23-11-1-2-11)6-17(25-27(13)18)24-12-3-4-16(28)15(5-12)26-10-20-9-22-26/h3-6,8-11,23,28H,1-2H2,(H,24,25). The van der Waals surface area contributed by atoms with Crippen LogP contribution in [0.1, 0.15) is 18.5 Å². The van der Waals surface area contributed by atoms with Crippen LogP contribution in [0.2, 0.25) is 0 Å². The predicted octanol–water partition coefficient (Wildman–Crippen LogP) is 2.21. The highest BCUT2D eigenvalue weighted by Gasteiger charge is 2.23. The molecule has 3 N–H and O–H groups in total. The monoisotopic (exact) mass is 373 g/mol. The lowest BCUT2D eigenvalue weighted by molar-refractivity contribution is 0.470. The fourth-order valence-electron chi connectivity index (χ4n) is 2.92. The highest BCUT2D eigenvalue weighted by atomic mass is 16.3. The van der Waals surface area contributed by atoms with Gasteiger partial charge >= 0.3 is 0 Å². The molecule has 0 saturated heterocycles. The Hall–Kier alpha value is -4.13. The summed E-state index contributed by atoms with van der Waals surface area (Å²) in [6, 6.07) is 9.43. The topological polar surface area (TPSA) is 129 Å². The first-order chi connectivity index (χ1) is 13.7. The second kappa shape index (κ2) is 6.24. The highest BCUT2D eigenvalue weighted by Crippen LogP contribution is 2.30. The van der Waals surface area contributed by atoms with Crippen molar-refractivity contribution in [2.45, 2.75) is 18.9 Å². The number of phenolic OH excluding ortho intramolecular Hbond substituents is 1. The van der Waals surface area contributed by atoms with Gasteiger partial charge in [-0.3, -0.25) is 0 Å². The smallest absolute Gasteiger partial charge is 0.178 e. The second-order valence-electron chi connectivity index (χ2n) is 6.52. The number of hydrogen-bond donors (Lipinski definition) is 3. The van der Waals surface area contributed by atoms with Crippen LogP contribution in [0.4, 0.5) is 17.2 Å². The SMILES string of the molecule is N#Cc1cnc2c(NC3CC3)cc(Nc3ccc(O)c(-n4cncn4)c3)nn12.